The molecule has 0 rings (SSSR count). The number of hydrogen-bond acceptors (Lipinski definition) is 2. The van der Waals surface area contributed by atoms with Gasteiger partial charge in [0.25, 0.3) is 0 Å². The van der Waals surface area contributed by atoms with E-state index in [-0.39, 0.29) is 11.4 Å². The van der Waals surface area contributed by atoms with Gasteiger partial charge in [-0.1, -0.05) is 25.7 Å². The van der Waals surface area contributed by atoms with Crippen LogP contribution in [0, 0.1) is 5.41 Å². The molecule has 0 spiro atoms. The van der Waals surface area contributed by atoms with E-state index in [0.29, 0.717) is 0 Å². The Kier molecular flexibility index (Phi) is 7.85. The number of rotatable bonds is 8. The second-order valence-electron chi connectivity index (χ2n) is 4.58. The molecule has 0 N–H and O–H groups in total. The van der Waals surface area contributed by atoms with Crippen molar-refractivity contribution in [2.75, 3.05) is 13.0 Å². The second-order valence-corrected chi connectivity index (χ2v) is 4.96. The van der Waals surface area contributed by atoms with E-state index in [0.717, 1.165) is 25.1 Å². The van der Waals surface area contributed by atoms with Gasteiger partial charge in [0.1, 0.15) is 0 Å². The van der Waals surface area contributed by atoms with E-state index in [1.54, 1.807) is 0 Å². The van der Waals surface area contributed by atoms with Crippen LogP contribution >= 0.6 is 11.6 Å². The third-order valence-electron chi connectivity index (χ3n) is 2.67. The summed E-state index contributed by atoms with van der Waals surface area (Å²) < 4.78 is 4.75. The molecule has 0 atom stereocenters. The Labute approximate surface area is 98.3 Å². The molecule has 0 amide bonds. The summed E-state index contributed by atoms with van der Waals surface area (Å²) in [5, 5.41) is 0. The predicted molar refractivity (Wildman–Crippen MR) is 64.2 cm³/mol. The van der Waals surface area contributed by atoms with Gasteiger partial charge >= 0.3 is 5.97 Å². The van der Waals surface area contributed by atoms with Gasteiger partial charge in [-0.15, -0.1) is 11.6 Å². The quantitative estimate of drug-likeness (QED) is 0.363. The molecule has 0 fully saturated rings. The minimum atomic E-state index is -0.332. The minimum Gasteiger partial charge on any atom is -0.469 e. The van der Waals surface area contributed by atoms with Gasteiger partial charge in [-0.2, -0.15) is 0 Å². The lowest BCUT2D eigenvalue weighted by molar-refractivity contribution is -0.151. The highest BCUT2D eigenvalue weighted by Crippen LogP contribution is 2.25. The fourth-order valence-corrected chi connectivity index (χ4v) is 1.76. The summed E-state index contributed by atoms with van der Waals surface area (Å²) in [6.07, 6.45) is 6.68. The minimum absolute atomic E-state index is 0.108. The van der Waals surface area contributed by atoms with Crippen molar-refractivity contribution < 1.29 is 9.53 Å². The Morgan fingerprint density at radius 1 is 1.13 bits per heavy atom. The fourth-order valence-electron chi connectivity index (χ4n) is 1.57. The van der Waals surface area contributed by atoms with Crippen LogP contribution in [0.2, 0.25) is 0 Å². The highest BCUT2D eigenvalue weighted by Gasteiger charge is 2.27. The molecule has 0 saturated carbocycles. The Morgan fingerprint density at radius 2 is 1.67 bits per heavy atom. The van der Waals surface area contributed by atoms with Crippen LogP contribution in [0.4, 0.5) is 0 Å². The second kappa shape index (κ2) is 7.98. The van der Waals surface area contributed by atoms with E-state index in [1.165, 1.54) is 26.4 Å². The molecule has 0 bridgehead atoms. The van der Waals surface area contributed by atoms with Crippen molar-refractivity contribution in [1.29, 1.82) is 0 Å². The number of carbonyl (C=O) groups excluding carboxylic acids is 1. The van der Waals surface area contributed by atoms with Crippen LogP contribution in [0.25, 0.3) is 0 Å². The van der Waals surface area contributed by atoms with Gasteiger partial charge < -0.3 is 4.74 Å². The van der Waals surface area contributed by atoms with Crippen LogP contribution in [0.5, 0.6) is 0 Å². The van der Waals surface area contributed by atoms with E-state index < -0.39 is 0 Å². The number of halogens is 1. The van der Waals surface area contributed by atoms with Crippen LogP contribution in [-0.2, 0) is 9.53 Å². The predicted octanol–water partition coefficient (Wildman–Crippen LogP) is 3.77. The SMILES string of the molecule is COC(=O)C(C)(C)CCCCCCCCl. The summed E-state index contributed by atoms with van der Waals surface area (Å²) in [7, 11) is 1.45. The first kappa shape index (κ1) is 14.8. The maximum atomic E-state index is 11.4. The summed E-state index contributed by atoms with van der Waals surface area (Å²) >= 11 is 5.59. The Balaban J connectivity index is 3.53. The lowest BCUT2D eigenvalue weighted by Crippen LogP contribution is -2.25. The van der Waals surface area contributed by atoms with Crippen molar-refractivity contribution in [2.45, 2.75) is 52.4 Å². The van der Waals surface area contributed by atoms with Crippen LogP contribution < -0.4 is 0 Å². The largest absolute Gasteiger partial charge is 0.469 e. The third kappa shape index (κ3) is 6.77. The zero-order valence-corrected chi connectivity index (χ0v) is 10.9. The Morgan fingerprint density at radius 3 is 2.20 bits per heavy atom. The van der Waals surface area contributed by atoms with Crippen LogP contribution in [0.15, 0.2) is 0 Å². The smallest absolute Gasteiger partial charge is 0.311 e. The molecule has 0 saturated heterocycles. The van der Waals surface area contributed by atoms with Gasteiger partial charge in [-0.25, -0.2) is 0 Å². The topological polar surface area (TPSA) is 26.3 Å². The molecule has 0 aromatic carbocycles. The highest BCUT2D eigenvalue weighted by atomic mass is 35.5. The zero-order chi connectivity index (χ0) is 11.7. The molecule has 0 aliphatic rings. The summed E-state index contributed by atoms with van der Waals surface area (Å²) in [4.78, 5) is 11.4. The van der Waals surface area contributed by atoms with Crippen LogP contribution in [0.3, 0.4) is 0 Å². The molecule has 3 heteroatoms. The molecule has 0 aliphatic heterocycles. The highest BCUT2D eigenvalue weighted by molar-refractivity contribution is 6.17. The summed E-state index contributed by atoms with van der Waals surface area (Å²) in [6, 6.07) is 0. The molecule has 15 heavy (non-hydrogen) atoms. The number of hydrogen-bond donors (Lipinski definition) is 0. The first-order valence-corrected chi connectivity index (χ1v) is 6.22. The number of esters is 1. The molecular formula is C12H23ClO2. The average molecular weight is 235 g/mol. The maximum Gasteiger partial charge on any atom is 0.311 e. The molecular weight excluding hydrogens is 212 g/mol. The molecule has 2 nitrogen and oxygen atoms in total. The van der Waals surface area contributed by atoms with E-state index >= 15 is 0 Å². The molecule has 0 aromatic rings. The van der Waals surface area contributed by atoms with Crippen LogP contribution in [0.1, 0.15) is 52.4 Å². The molecule has 0 heterocycles. The molecule has 0 radical (unpaired) electrons. The molecule has 90 valence electrons. The van der Waals surface area contributed by atoms with E-state index in [1.807, 2.05) is 13.8 Å². The number of methoxy groups -OCH3 is 1. The van der Waals surface area contributed by atoms with Gasteiger partial charge in [0.05, 0.1) is 12.5 Å². The van der Waals surface area contributed by atoms with E-state index in [2.05, 4.69) is 0 Å². The maximum absolute atomic E-state index is 11.4. The van der Waals surface area contributed by atoms with Crippen molar-refractivity contribution >= 4 is 17.6 Å². The molecule has 0 aromatic heterocycles. The van der Waals surface area contributed by atoms with Crippen molar-refractivity contribution in [3.05, 3.63) is 0 Å². The first-order chi connectivity index (χ1) is 7.04. The van der Waals surface area contributed by atoms with Gasteiger partial charge in [0.15, 0.2) is 0 Å². The molecule has 0 unspecified atom stereocenters. The lowest BCUT2D eigenvalue weighted by Gasteiger charge is -2.20. The standard InChI is InChI=1S/C12H23ClO2/c1-12(2,11(14)15-3)9-7-5-4-6-8-10-13/h4-10H2,1-3H3. The Bertz CT molecular complexity index is 178. The van der Waals surface area contributed by atoms with Gasteiger partial charge in [0, 0.05) is 5.88 Å². The van der Waals surface area contributed by atoms with Gasteiger partial charge in [-0.05, 0) is 26.7 Å². The molecule has 0 aliphatic carbocycles. The third-order valence-corrected chi connectivity index (χ3v) is 2.94. The first-order valence-electron chi connectivity index (χ1n) is 5.69. The normalized spacial score (nSPS) is 11.5. The summed E-state index contributed by atoms with van der Waals surface area (Å²) in [6.45, 7) is 3.88. The average Bonchev–Trinajstić information content (AvgIpc) is 2.22. The number of unbranched alkanes of at least 4 members (excludes halogenated alkanes) is 4. The fraction of sp³-hybridized carbons (Fsp3) is 0.917. The van der Waals surface area contributed by atoms with Gasteiger partial charge in [-0.3, -0.25) is 4.79 Å². The van der Waals surface area contributed by atoms with Crippen molar-refractivity contribution in [3.8, 4) is 0 Å². The zero-order valence-electron chi connectivity index (χ0n) is 10.1. The Hall–Kier alpha value is -0.240. The summed E-state index contributed by atoms with van der Waals surface area (Å²) in [5.41, 5.74) is -0.332. The van der Waals surface area contributed by atoms with Gasteiger partial charge in [0.2, 0.25) is 0 Å². The van der Waals surface area contributed by atoms with Crippen LogP contribution in [-0.4, -0.2) is 19.0 Å². The van der Waals surface area contributed by atoms with Crippen molar-refractivity contribution in [2.24, 2.45) is 5.41 Å². The number of ether oxygens (including phenoxy) is 1. The van der Waals surface area contributed by atoms with Crippen molar-refractivity contribution in [3.63, 3.8) is 0 Å². The number of alkyl halides is 1. The monoisotopic (exact) mass is 234 g/mol. The van der Waals surface area contributed by atoms with E-state index in [9.17, 15) is 4.79 Å². The van der Waals surface area contributed by atoms with Crippen molar-refractivity contribution in [1.82, 2.24) is 0 Å². The van der Waals surface area contributed by atoms with E-state index in [4.69, 9.17) is 16.3 Å². The lowest BCUT2D eigenvalue weighted by atomic mass is 9.87. The summed E-state index contributed by atoms with van der Waals surface area (Å²) in [5.74, 6) is 0.649. The number of carbonyl (C=O) groups is 1.